The van der Waals surface area contributed by atoms with Gasteiger partial charge in [-0.25, -0.2) is 25.9 Å². The summed E-state index contributed by atoms with van der Waals surface area (Å²) in [5.41, 5.74) is 0. The summed E-state index contributed by atoms with van der Waals surface area (Å²) in [5.74, 6) is 0. The van der Waals surface area contributed by atoms with E-state index >= 15 is 0 Å². The molecule has 118 valence electrons. The monoisotopic (exact) mass is 352 g/mol. The number of hydrogen-bond acceptors (Lipinski definition) is 4. The van der Waals surface area contributed by atoms with E-state index in [0.29, 0.717) is 24.4 Å². The molecule has 1 heterocycles. The van der Waals surface area contributed by atoms with E-state index in [2.05, 4.69) is 4.72 Å². The van der Waals surface area contributed by atoms with Gasteiger partial charge in [0.05, 0.1) is 11.2 Å². The minimum Gasteiger partial charge on any atom is -0.213 e. The molecular weight excluding hydrogens is 336 g/mol. The molecule has 1 N–H and O–H groups in total. The number of nitrogens with zero attached hydrogens (tertiary/aromatic N) is 1. The maximum absolute atomic E-state index is 12.2. The maximum Gasteiger partial charge on any atom is 0.240 e. The van der Waals surface area contributed by atoms with Crippen LogP contribution < -0.4 is 4.72 Å². The SMILES string of the molecule is CS(=O)(=O)N1CCCC(NS(=O)(=O)c2ccc(Cl)cc2)C1. The predicted octanol–water partition coefficient (Wildman–Crippen LogP) is 1.04. The molecule has 1 unspecified atom stereocenters. The van der Waals surface area contributed by atoms with E-state index in [0.717, 1.165) is 6.26 Å². The van der Waals surface area contributed by atoms with E-state index in [9.17, 15) is 16.8 Å². The molecule has 1 fully saturated rings. The Morgan fingerprint density at radius 2 is 1.81 bits per heavy atom. The van der Waals surface area contributed by atoms with Crippen LogP contribution in [0.4, 0.5) is 0 Å². The molecule has 0 aromatic heterocycles. The topological polar surface area (TPSA) is 83.6 Å². The van der Waals surface area contributed by atoms with Crippen molar-refractivity contribution in [3.05, 3.63) is 29.3 Å². The van der Waals surface area contributed by atoms with E-state index in [4.69, 9.17) is 11.6 Å². The average molecular weight is 353 g/mol. The van der Waals surface area contributed by atoms with Crippen LogP contribution in [0.15, 0.2) is 29.2 Å². The van der Waals surface area contributed by atoms with E-state index in [1.54, 1.807) is 0 Å². The van der Waals surface area contributed by atoms with Gasteiger partial charge in [-0.2, -0.15) is 0 Å². The standard InChI is InChI=1S/C12H17ClN2O4S2/c1-20(16,17)15-8-2-3-11(9-15)14-21(18,19)12-6-4-10(13)5-7-12/h4-7,11,14H,2-3,8-9H2,1H3. The molecule has 1 aromatic rings. The Kier molecular flexibility index (Phi) is 4.94. The molecule has 6 nitrogen and oxygen atoms in total. The number of halogens is 1. The third kappa shape index (κ3) is 4.40. The van der Waals surface area contributed by atoms with Crippen LogP contribution >= 0.6 is 11.6 Å². The number of nitrogens with one attached hydrogen (secondary N) is 1. The highest BCUT2D eigenvalue weighted by molar-refractivity contribution is 7.89. The Balaban J connectivity index is 2.11. The van der Waals surface area contributed by atoms with Gasteiger partial charge in [0.25, 0.3) is 0 Å². The Morgan fingerprint density at radius 1 is 1.19 bits per heavy atom. The fraction of sp³-hybridized carbons (Fsp3) is 0.500. The van der Waals surface area contributed by atoms with Gasteiger partial charge in [0, 0.05) is 24.2 Å². The third-order valence-corrected chi connectivity index (χ3v) is 6.36. The van der Waals surface area contributed by atoms with E-state index in [1.165, 1.54) is 28.6 Å². The van der Waals surface area contributed by atoms with Crippen molar-refractivity contribution < 1.29 is 16.8 Å². The fourth-order valence-corrected chi connectivity index (χ4v) is 4.54. The second kappa shape index (κ2) is 6.21. The first-order valence-corrected chi connectivity index (χ1v) is 10.1. The molecule has 0 spiro atoms. The maximum atomic E-state index is 12.2. The Labute approximate surface area is 130 Å². The van der Waals surface area contributed by atoms with Gasteiger partial charge in [-0.05, 0) is 37.1 Å². The van der Waals surface area contributed by atoms with Gasteiger partial charge in [-0.15, -0.1) is 0 Å². The lowest BCUT2D eigenvalue weighted by Gasteiger charge is -2.31. The van der Waals surface area contributed by atoms with Gasteiger partial charge in [0.1, 0.15) is 0 Å². The van der Waals surface area contributed by atoms with Crippen LogP contribution in [-0.4, -0.2) is 46.5 Å². The first-order valence-electron chi connectivity index (χ1n) is 6.41. The molecule has 0 aliphatic carbocycles. The van der Waals surface area contributed by atoms with Gasteiger partial charge in [0.2, 0.25) is 20.0 Å². The summed E-state index contributed by atoms with van der Waals surface area (Å²) in [6.07, 6.45) is 2.36. The molecule has 1 aliphatic rings. The zero-order valence-corrected chi connectivity index (χ0v) is 13.9. The van der Waals surface area contributed by atoms with E-state index < -0.39 is 26.1 Å². The van der Waals surface area contributed by atoms with Gasteiger partial charge >= 0.3 is 0 Å². The molecular formula is C12H17ClN2O4S2. The minimum atomic E-state index is -3.68. The van der Waals surface area contributed by atoms with Crippen molar-refractivity contribution in [2.45, 2.75) is 23.8 Å². The molecule has 1 aromatic carbocycles. The highest BCUT2D eigenvalue weighted by Crippen LogP contribution is 2.18. The smallest absolute Gasteiger partial charge is 0.213 e. The van der Waals surface area contributed by atoms with Crippen LogP contribution in [0.25, 0.3) is 0 Å². The summed E-state index contributed by atoms with van der Waals surface area (Å²) in [5, 5.41) is 0.454. The third-order valence-electron chi connectivity index (χ3n) is 3.30. The van der Waals surface area contributed by atoms with Gasteiger partial charge < -0.3 is 0 Å². The zero-order valence-electron chi connectivity index (χ0n) is 11.5. The number of rotatable bonds is 4. The molecule has 0 saturated carbocycles. The molecule has 0 bridgehead atoms. The van der Waals surface area contributed by atoms with Crippen LogP contribution in [0.5, 0.6) is 0 Å². The van der Waals surface area contributed by atoms with Crippen molar-refractivity contribution >= 4 is 31.6 Å². The van der Waals surface area contributed by atoms with Crippen molar-refractivity contribution in [1.82, 2.24) is 9.03 Å². The van der Waals surface area contributed by atoms with E-state index in [1.807, 2.05) is 0 Å². The number of piperidine rings is 1. The van der Waals surface area contributed by atoms with Crippen molar-refractivity contribution in [2.75, 3.05) is 19.3 Å². The second-order valence-electron chi connectivity index (χ2n) is 5.04. The number of benzene rings is 1. The highest BCUT2D eigenvalue weighted by atomic mass is 35.5. The first kappa shape index (κ1) is 16.7. The molecule has 1 aliphatic heterocycles. The molecule has 1 saturated heterocycles. The summed E-state index contributed by atoms with van der Waals surface area (Å²) < 4.78 is 51.4. The normalized spacial score (nSPS) is 21.3. The summed E-state index contributed by atoms with van der Waals surface area (Å²) in [7, 11) is -6.98. The lowest BCUT2D eigenvalue weighted by atomic mass is 10.1. The predicted molar refractivity (Wildman–Crippen MR) is 81.2 cm³/mol. The molecule has 9 heteroatoms. The quantitative estimate of drug-likeness (QED) is 0.877. The molecule has 0 amide bonds. The van der Waals surface area contributed by atoms with E-state index in [-0.39, 0.29) is 11.4 Å². The van der Waals surface area contributed by atoms with Crippen LogP contribution in [0.2, 0.25) is 5.02 Å². The molecule has 21 heavy (non-hydrogen) atoms. The summed E-state index contributed by atoms with van der Waals surface area (Å²) in [6, 6.07) is 5.41. The Bertz CT molecular complexity index is 701. The number of sulfonamides is 2. The summed E-state index contributed by atoms with van der Waals surface area (Å²) in [6.45, 7) is 0.587. The van der Waals surface area contributed by atoms with Gasteiger partial charge in [-0.3, -0.25) is 0 Å². The lowest BCUT2D eigenvalue weighted by Crippen LogP contribution is -2.49. The van der Waals surface area contributed by atoms with Gasteiger partial charge in [-0.1, -0.05) is 11.6 Å². The van der Waals surface area contributed by atoms with Gasteiger partial charge in [0.15, 0.2) is 0 Å². The van der Waals surface area contributed by atoms with Crippen molar-refractivity contribution in [1.29, 1.82) is 0 Å². The van der Waals surface area contributed by atoms with Crippen LogP contribution in [0.3, 0.4) is 0 Å². The van der Waals surface area contributed by atoms with Crippen molar-refractivity contribution in [3.63, 3.8) is 0 Å². The summed E-state index contributed by atoms with van der Waals surface area (Å²) >= 11 is 5.73. The molecule has 2 rings (SSSR count). The number of hydrogen-bond donors (Lipinski definition) is 1. The minimum absolute atomic E-state index is 0.114. The first-order chi connectivity index (χ1) is 9.68. The largest absolute Gasteiger partial charge is 0.240 e. The Morgan fingerprint density at radius 3 is 2.38 bits per heavy atom. The second-order valence-corrected chi connectivity index (χ2v) is 9.17. The fourth-order valence-electron chi connectivity index (χ4n) is 2.24. The lowest BCUT2D eigenvalue weighted by molar-refractivity contribution is 0.305. The zero-order chi connectivity index (χ0) is 15.7. The Hall–Kier alpha value is -0.670. The molecule has 0 radical (unpaired) electrons. The summed E-state index contributed by atoms with van der Waals surface area (Å²) in [4.78, 5) is 0.114. The average Bonchev–Trinajstić information content (AvgIpc) is 2.38. The van der Waals surface area contributed by atoms with Crippen LogP contribution in [-0.2, 0) is 20.0 Å². The van der Waals surface area contributed by atoms with Crippen molar-refractivity contribution in [3.8, 4) is 0 Å². The highest BCUT2D eigenvalue weighted by Gasteiger charge is 2.29. The van der Waals surface area contributed by atoms with Crippen LogP contribution in [0, 0.1) is 0 Å². The van der Waals surface area contributed by atoms with Crippen LogP contribution in [0.1, 0.15) is 12.8 Å². The van der Waals surface area contributed by atoms with Crippen molar-refractivity contribution in [2.24, 2.45) is 0 Å². The molecule has 1 atom stereocenters.